The molecule has 0 spiro atoms. The molecule has 11 aromatic rings. The van der Waals surface area contributed by atoms with E-state index in [0.717, 1.165) is 22.4 Å². The van der Waals surface area contributed by atoms with E-state index in [-0.39, 0.29) is 0 Å². The first-order chi connectivity index (χ1) is 27.8. The molecule has 0 bridgehead atoms. The Labute approximate surface area is 327 Å². The van der Waals surface area contributed by atoms with Crippen LogP contribution in [-0.2, 0) is 0 Å². The van der Waals surface area contributed by atoms with Crippen LogP contribution >= 0.6 is 11.3 Å². The maximum absolute atomic E-state index is 5.01. The summed E-state index contributed by atoms with van der Waals surface area (Å²) in [4.78, 5) is 14.9. The molecule has 3 aromatic heterocycles. The lowest BCUT2D eigenvalue weighted by atomic mass is 9.91. The Hall–Kier alpha value is -7.21. The van der Waals surface area contributed by atoms with E-state index in [1.54, 1.807) is 0 Å². The summed E-state index contributed by atoms with van der Waals surface area (Å²) in [6.45, 7) is 0. The van der Waals surface area contributed by atoms with Gasteiger partial charge in [0.05, 0.1) is 11.0 Å². The zero-order chi connectivity index (χ0) is 37.0. The summed E-state index contributed by atoms with van der Waals surface area (Å²) < 4.78 is 4.81. The smallest absolute Gasteiger partial charge is 0.164 e. The fourth-order valence-electron chi connectivity index (χ4n) is 8.09. The molecule has 0 saturated carbocycles. The summed E-state index contributed by atoms with van der Waals surface area (Å²) in [5.41, 5.74) is 11.3. The Morgan fingerprint density at radius 3 is 1.64 bits per heavy atom. The van der Waals surface area contributed by atoms with Crippen molar-refractivity contribution in [2.24, 2.45) is 0 Å². The zero-order valence-corrected chi connectivity index (χ0v) is 31.0. The zero-order valence-electron chi connectivity index (χ0n) is 30.2. The summed E-state index contributed by atoms with van der Waals surface area (Å²) in [5.74, 6) is 1.98. The number of benzene rings is 8. The van der Waals surface area contributed by atoms with Crippen LogP contribution in [0.2, 0.25) is 0 Å². The fraction of sp³-hybridized carbons (Fsp3) is 0. The molecule has 0 aliphatic rings. The van der Waals surface area contributed by atoms with Crippen LogP contribution in [0.5, 0.6) is 0 Å². The molecule has 0 amide bonds. The van der Waals surface area contributed by atoms with Gasteiger partial charge in [-0.05, 0) is 64.7 Å². The molecular weight excluding hydrogens is 701 g/mol. The SMILES string of the molecule is c1ccc(-c2nc(-c3ccccc3)nc(-c3ccc4c(c3)sc3cccc(-c5ccccc5-c5ccc6c(c5)c5ccccc5n6-c5ccccc5)c34)n2)cc1. The minimum absolute atomic E-state index is 0.659. The molecule has 0 N–H and O–H groups in total. The maximum atomic E-state index is 5.01. The maximum Gasteiger partial charge on any atom is 0.164 e. The minimum atomic E-state index is 0.659. The second kappa shape index (κ2) is 13.3. The Balaban J connectivity index is 1.05. The van der Waals surface area contributed by atoms with E-state index in [2.05, 4.69) is 138 Å². The van der Waals surface area contributed by atoms with Gasteiger partial charge in [0, 0.05) is 53.3 Å². The van der Waals surface area contributed by atoms with Gasteiger partial charge < -0.3 is 4.57 Å². The van der Waals surface area contributed by atoms with Gasteiger partial charge in [0.1, 0.15) is 0 Å². The van der Waals surface area contributed by atoms with Crippen LogP contribution in [0, 0.1) is 0 Å². The third-order valence-corrected chi connectivity index (χ3v) is 11.8. The van der Waals surface area contributed by atoms with Crippen LogP contribution in [0.3, 0.4) is 0 Å². The highest BCUT2D eigenvalue weighted by atomic mass is 32.1. The first kappa shape index (κ1) is 32.2. The van der Waals surface area contributed by atoms with Gasteiger partial charge in [-0.25, -0.2) is 15.0 Å². The van der Waals surface area contributed by atoms with Gasteiger partial charge in [-0.3, -0.25) is 0 Å². The molecule has 0 unspecified atom stereocenters. The van der Waals surface area contributed by atoms with E-state index in [4.69, 9.17) is 15.0 Å². The first-order valence-corrected chi connectivity index (χ1v) is 19.6. The Kier molecular flexibility index (Phi) is 7.64. The lowest BCUT2D eigenvalue weighted by Gasteiger charge is -2.13. The van der Waals surface area contributed by atoms with Crippen molar-refractivity contribution in [1.29, 1.82) is 0 Å². The molecule has 3 heterocycles. The minimum Gasteiger partial charge on any atom is -0.309 e. The molecule has 0 saturated heterocycles. The lowest BCUT2D eigenvalue weighted by molar-refractivity contribution is 1.07. The summed E-state index contributed by atoms with van der Waals surface area (Å²) in [5, 5.41) is 4.98. The predicted molar refractivity (Wildman–Crippen MR) is 234 cm³/mol. The van der Waals surface area contributed by atoms with Gasteiger partial charge in [-0.1, -0.05) is 152 Å². The summed E-state index contributed by atoms with van der Waals surface area (Å²) in [6.07, 6.45) is 0. The summed E-state index contributed by atoms with van der Waals surface area (Å²) >= 11 is 1.81. The number of fused-ring (bicyclic) bond motifs is 6. The average molecular weight is 733 g/mol. The van der Waals surface area contributed by atoms with Crippen LogP contribution in [0.1, 0.15) is 0 Å². The molecule has 5 heteroatoms. The van der Waals surface area contributed by atoms with Crippen LogP contribution in [0.15, 0.2) is 194 Å². The number of nitrogens with zero attached hydrogens (tertiary/aromatic N) is 4. The highest BCUT2D eigenvalue weighted by Gasteiger charge is 2.19. The third-order valence-electron chi connectivity index (χ3n) is 10.7. The lowest BCUT2D eigenvalue weighted by Crippen LogP contribution is -1.99. The van der Waals surface area contributed by atoms with Crippen molar-refractivity contribution in [3.8, 4) is 62.1 Å². The molecule has 8 aromatic carbocycles. The van der Waals surface area contributed by atoms with Gasteiger partial charge in [-0.15, -0.1) is 11.3 Å². The number of aromatic nitrogens is 4. The van der Waals surface area contributed by atoms with E-state index in [1.807, 2.05) is 72.0 Å². The summed E-state index contributed by atoms with van der Waals surface area (Å²) in [6, 6.07) is 68.7. The standard InChI is InChI=1S/C51H32N4S/c1-4-15-33(16-5-1)49-52-50(34-17-6-2-7-18-34)54-51(53-49)36-27-29-42-47(32-36)56-46-26-14-24-41(48(42)46)39-22-11-10-21-38(39)35-28-30-45-43(31-35)40-23-12-13-25-44(40)55(45)37-19-8-3-9-20-37/h1-32H. The average Bonchev–Trinajstić information content (AvgIpc) is 3.82. The van der Waals surface area contributed by atoms with E-state index in [9.17, 15) is 0 Å². The quantitative estimate of drug-likeness (QED) is 0.171. The predicted octanol–water partition coefficient (Wildman–Crippen LogP) is 13.7. The second-order valence-electron chi connectivity index (χ2n) is 14.0. The van der Waals surface area contributed by atoms with Gasteiger partial charge in [0.25, 0.3) is 0 Å². The molecule has 4 nitrogen and oxygen atoms in total. The van der Waals surface area contributed by atoms with Crippen molar-refractivity contribution in [3.05, 3.63) is 194 Å². The number of thiophene rings is 1. The van der Waals surface area contributed by atoms with Gasteiger partial charge >= 0.3 is 0 Å². The summed E-state index contributed by atoms with van der Waals surface area (Å²) in [7, 11) is 0. The molecular formula is C51H32N4S. The van der Waals surface area contributed by atoms with E-state index in [0.29, 0.717) is 17.5 Å². The van der Waals surface area contributed by atoms with Crippen LogP contribution < -0.4 is 0 Å². The van der Waals surface area contributed by atoms with E-state index >= 15 is 0 Å². The van der Waals surface area contributed by atoms with Crippen LogP contribution in [0.4, 0.5) is 0 Å². The Morgan fingerprint density at radius 2 is 0.911 bits per heavy atom. The third kappa shape index (κ3) is 5.40. The molecule has 262 valence electrons. The largest absolute Gasteiger partial charge is 0.309 e. The van der Waals surface area contributed by atoms with Gasteiger partial charge in [0.2, 0.25) is 0 Å². The monoisotopic (exact) mass is 732 g/mol. The molecule has 0 atom stereocenters. The molecule has 0 aliphatic heterocycles. The van der Waals surface area contributed by atoms with Crippen LogP contribution in [0.25, 0.3) is 104 Å². The molecule has 0 fully saturated rings. The van der Waals surface area contributed by atoms with E-state index < -0.39 is 0 Å². The van der Waals surface area contributed by atoms with Crippen molar-refractivity contribution in [1.82, 2.24) is 19.5 Å². The first-order valence-electron chi connectivity index (χ1n) is 18.8. The van der Waals surface area contributed by atoms with Crippen molar-refractivity contribution in [3.63, 3.8) is 0 Å². The normalized spacial score (nSPS) is 11.6. The number of para-hydroxylation sites is 2. The van der Waals surface area contributed by atoms with Crippen LogP contribution in [-0.4, -0.2) is 19.5 Å². The highest BCUT2D eigenvalue weighted by Crippen LogP contribution is 2.44. The highest BCUT2D eigenvalue weighted by molar-refractivity contribution is 7.26. The fourth-order valence-corrected chi connectivity index (χ4v) is 9.26. The van der Waals surface area contributed by atoms with E-state index in [1.165, 1.54) is 64.2 Å². The number of hydrogen-bond acceptors (Lipinski definition) is 4. The van der Waals surface area contributed by atoms with Crippen molar-refractivity contribution in [2.75, 3.05) is 0 Å². The van der Waals surface area contributed by atoms with Crippen molar-refractivity contribution in [2.45, 2.75) is 0 Å². The van der Waals surface area contributed by atoms with Crippen molar-refractivity contribution >= 4 is 53.3 Å². The second-order valence-corrected chi connectivity index (χ2v) is 15.1. The Bertz CT molecular complexity index is 3180. The molecule has 11 rings (SSSR count). The molecule has 0 radical (unpaired) electrons. The molecule has 56 heavy (non-hydrogen) atoms. The number of hydrogen-bond donors (Lipinski definition) is 0. The van der Waals surface area contributed by atoms with Crippen molar-refractivity contribution < 1.29 is 0 Å². The number of rotatable bonds is 6. The van der Waals surface area contributed by atoms with Gasteiger partial charge in [-0.2, -0.15) is 0 Å². The molecule has 0 aliphatic carbocycles. The topological polar surface area (TPSA) is 43.6 Å². The Morgan fingerprint density at radius 1 is 0.339 bits per heavy atom. The van der Waals surface area contributed by atoms with Gasteiger partial charge in [0.15, 0.2) is 17.5 Å².